The summed E-state index contributed by atoms with van der Waals surface area (Å²) in [6.07, 6.45) is 2.20. The van der Waals surface area contributed by atoms with Crippen LogP contribution in [-0.4, -0.2) is 33.5 Å². The van der Waals surface area contributed by atoms with Gasteiger partial charge in [0.25, 0.3) is 0 Å². The molecule has 0 amide bonds. The summed E-state index contributed by atoms with van der Waals surface area (Å²) in [6, 6.07) is 14.5. The summed E-state index contributed by atoms with van der Waals surface area (Å²) in [6.45, 7) is 3.89. The van der Waals surface area contributed by atoms with E-state index in [-0.39, 0.29) is 77.4 Å². The molecule has 10 heteroatoms. The minimum absolute atomic E-state index is 0. The van der Waals surface area contributed by atoms with Crippen molar-refractivity contribution >= 4 is 20.3 Å². The molecule has 2 atom stereocenters. The zero-order chi connectivity index (χ0) is 23.1. The van der Waals surface area contributed by atoms with E-state index in [9.17, 15) is 9.59 Å². The fourth-order valence-electron chi connectivity index (χ4n) is 4.62. The molecule has 0 aromatic heterocycles. The number of para-hydroxylation sites is 4. The fraction of sp³-hybridized carbons (Fsp3) is 0.333. The Kier molecular flexibility index (Phi) is 7.19. The molecule has 2 aromatic carbocycles. The van der Waals surface area contributed by atoms with Crippen LogP contribution in [0.3, 0.4) is 0 Å². The minimum Gasteiger partial charge on any atom is 1.00 e. The van der Waals surface area contributed by atoms with E-state index in [1.807, 2.05) is 30.3 Å². The van der Waals surface area contributed by atoms with Gasteiger partial charge in [-0.05, 0) is 0 Å². The molecule has 0 radical (unpaired) electrons. The van der Waals surface area contributed by atoms with Crippen molar-refractivity contribution in [3.05, 3.63) is 59.8 Å². The van der Waals surface area contributed by atoms with Gasteiger partial charge in [-0.1, -0.05) is 0 Å². The second-order valence-electron chi connectivity index (χ2n) is 8.10. The van der Waals surface area contributed by atoms with Crippen molar-refractivity contribution in [1.29, 1.82) is 0 Å². The molecule has 2 heterocycles. The molecular formula is C24H25KO8Si. The first-order valence-electron chi connectivity index (χ1n) is 11.1. The zero-order valence-corrected chi connectivity index (χ0v) is 23.6. The van der Waals surface area contributed by atoms with E-state index >= 15 is 0 Å². The summed E-state index contributed by atoms with van der Waals surface area (Å²) in [5.74, 6) is -0.369. The molecule has 3 aliphatic rings. The first-order chi connectivity index (χ1) is 16.0. The van der Waals surface area contributed by atoms with Crippen LogP contribution >= 0.6 is 0 Å². The van der Waals surface area contributed by atoms with Gasteiger partial charge in [0.2, 0.25) is 0 Å². The Morgan fingerprint density at radius 1 is 0.794 bits per heavy atom. The first-order valence-corrected chi connectivity index (χ1v) is 13.3. The Morgan fingerprint density at radius 3 is 1.62 bits per heavy atom. The van der Waals surface area contributed by atoms with Crippen LogP contribution in [0.15, 0.2) is 59.8 Å². The van der Waals surface area contributed by atoms with Crippen LogP contribution in [-0.2, 0) is 19.1 Å². The molecule has 2 aliphatic heterocycles. The third-order valence-electron chi connectivity index (χ3n) is 6.09. The van der Waals surface area contributed by atoms with Crippen LogP contribution in [0.4, 0.5) is 0 Å². The molecule has 0 saturated heterocycles. The summed E-state index contributed by atoms with van der Waals surface area (Å²) in [7, 11) is -4.76. The molecule has 1 aliphatic carbocycles. The SMILES string of the molecule is CCOC(=O)C1CC=C([Si-]23(Oc4ccccc4O2)Oc2ccccc2O3)CC1C(=O)OCC.[K+]. The number of carbonyl (C=O) groups excluding carboxylic acids is 2. The molecule has 0 bridgehead atoms. The van der Waals surface area contributed by atoms with Gasteiger partial charge in [0.15, 0.2) is 0 Å². The van der Waals surface area contributed by atoms with Gasteiger partial charge < -0.3 is 0 Å². The molecule has 174 valence electrons. The standard InChI is InChI=1S/C24H25O8Si.K/c1-3-27-23(25)17-14-13-16(15-18(17)24(26)28-4-2)33(29-19-9-5-6-10-20(19)30-33)31-21-11-7-8-12-22(21)32-33;/h5-13,17-18H,3-4,14-15H2,1-2H3;/q-1;+1. The molecule has 34 heavy (non-hydrogen) atoms. The Balaban J connectivity index is 0.00000274. The summed E-state index contributed by atoms with van der Waals surface area (Å²) in [4.78, 5) is 25.6. The van der Waals surface area contributed by atoms with Crippen LogP contribution in [0.25, 0.3) is 0 Å². The molecule has 2 aromatic rings. The van der Waals surface area contributed by atoms with E-state index in [0.29, 0.717) is 28.2 Å². The monoisotopic (exact) mass is 508 g/mol. The third-order valence-corrected chi connectivity index (χ3v) is 9.83. The number of rotatable bonds is 5. The van der Waals surface area contributed by atoms with E-state index in [2.05, 4.69) is 0 Å². The van der Waals surface area contributed by atoms with Crippen LogP contribution in [0, 0.1) is 11.8 Å². The maximum Gasteiger partial charge on any atom is 1.00 e. The molecule has 5 rings (SSSR count). The average Bonchev–Trinajstić information content (AvgIpc) is 3.34. The Bertz CT molecular complexity index is 1040. The number of fused-ring (bicyclic) bond motifs is 2. The van der Waals surface area contributed by atoms with Crippen molar-refractivity contribution in [2.75, 3.05) is 13.2 Å². The van der Waals surface area contributed by atoms with Gasteiger partial charge in [-0.3, -0.25) is 0 Å². The van der Waals surface area contributed by atoms with Crippen LogP contribution < -0.4 is 69.1 Å². The fourth-order valence-corrected chi connectivity index (χ4v) is 8.59. The second-order valence-corrected chi connectivity index (χ2v) is 11.4. The van der Waals surface area contributed by atoms with E-state index in [4.69, 9.17) is 27.2 Å². The topological polar surface area (TPSA) is 89.5 Å². The van der Waals surface area contributed by atoms with E-state index in [1.54, 1.807) is 38.1 Å². The molecule has 2 unspecified atom stereocenters. The van der Waals surface area contributed by atoms with Crippen molar-refractivity contribution in [2.24, 2.45) is 11.8 Å². The molecule has 1 spiro atoms. The Labute approximate surface area is 240 Å². The van der Waals surface area contributed by atoms with Crippen molar-refractivity contribution in [3.8, 4) is 23.0 Å². The molecule has 0 N–H and O–H groups in total. The molecule has 8 nitrogen and oxygen atoms in total. The maximum absolute atomic E-state index is 12.9. The summed E-state index contributed by atoms with van der Waals surface area (Å²) in [5, 5.41) is 0.584. The smallest absolute Gasteiger partial charge is 1.00 e. The van der Waals surface area contributed by atoms with E-state index < -0.39 is 32.1 Å². The number of allylic oxidation sites excluding steroid dienone is 2. The van der Waals surface area contributed by atoms with Gasteiger partial charge in [-0.15, -0.1) is 0 Å². The first kappa shape index (κ1) is 25.3. The van der Waals surface area contributed by atoms with Crippen molar-refractivity contribution < 1.29 is 88.2 Å². The summed E-state index contributed by atoms with van der Waals surface area (Å²) >= 11 is 0. The maximum atomic E-state index is 12.9. The van der Waals surface area contributed by atoms with Gasteiger partial charge in [0.1, 0.15) is 0 Å². The third kappa shape index (κ3) is 4.10. The number of benzene rings is 2. The van der Waals surface area contributed by atoms with Crippen LogP contribution in [0.2, 0.25) is 0 Å². The number of hydrogen-bond acceptors (Lipinski definition) is 8. The molecule has 0 fully saturated rings. The minimum atomic E-state index is -4.76. The van der Waals surface area contributed by atoms with Gasteiger partial charge in [-0.2, -0.15) is 0 Å². The second kappa shape index (κ2) is 9.67. The largest absolute Gasteiger partial charge is 1.00 e. The Hall–Kier alpha value is -1.83. The van der Waals surface area contributed by atoms with Gasteiger partial charge in [0, 0.05) is 0 Å². The summed E-state index contributed by atoms with van der Waals surface area (Å²) < 4.78 is 36.3. The van der Waals surface area contributed by atoms with Crippen LogP contribution in [0.1, 0.15) is 26.7 Å². The average molecular weight is 509 g/mol. The number of carbonyl (C=O) groups is 2. The van der Waals surface area contributed by atoms with Crippen molar-refractivity contribution in [1.82, 2.24) is 0 Å². The van der Waals surface area contributed by atoms with E-state index in [0.717, 1.165) is 0 Å². The molecule has 0 saturated carbocycles. The number of ether oxygens (including phenoxy) is 2. The Morgan fingerprint density at radius 2 is 1.21 bits per heavy atom. The number of hydrogen-bond donors (Lipinski definition) is 0. The summed E-state index contributed by atoms with van der Waals surface area (Å²) in [5.41, 5.74) is 0. The predicted molar refractivity (Wildman–Crippen MR) is 119 cm³/mol. The van der Waals surface area contributed by atoms with Crippen LogP contribution in [0.5, 0.6) is 23.0 Å². The molecular weight excluding hydrogens is 483 g/mol. The van der Waals surface area contributed by atoms with Gasteiger partial charge in [0.05, 0.1) is 0 Å². The van der Waals surface area contributed by atoms with Gasteiger partial charge in [-0.25, -0.2) is 0 Å². The van der Waals surface area contributed by atoms with Crippen molar-refractivity contribution in [3.63, 3.8) is 0 Å². The predicted octanol–water partition coefficient (Wildman–Crippen LogP) is 0.941. The van der Waals surface area contributed by atoms with Gasteiger partial charge >= 0.3 is 243 Å². The van der Waals surface area contributed by atoms with E-state index in [1.165, 1.54) is 0 Å². The number of esters is 2. The zero-order valence-electron chi connectivity index (χ0n) is 19.4. The van der Waals surface area contributed by atoms with Crippen molar-refractivity contribution in [2.45, 2.75) is 26.7 Å². The normalized spacial score (nSPS) is 23.6. The quantitative estimate of drug-likeness (QED) is 0.436.